The summed E-state index contributed by atoms with van der Waals surface area (Å²) in [6.07, 6.45) is 5.34. The van der Waals surface area contributed by atoms with Gasteiger partial charge in [-0.25, -0.2) is 0 Å². The van der Waals surface area contributed by atoms with Gasteiger partial charge in [0.05, 0.1) is 36.7 Å². The molecular weight excluding hydrogens is 390 g/mol. The Kier molecular flexibility index (Phi) is 4.70. The average molecular weight is 418 g/mol. The van der Waals surface area contributed by atoms with Crippen molar-refractivity contribution in [2.45, 2.75) is 38.6 Å². The quantitative estimate of drug-likeness (QED) is 0.702. The Bertz CT molecular complexity index is 1070. The van der Waals surface area contributed by atoms with Gasteiger partial charge in [-0.05, 0) is 42.7 Å². The van der Waals surface area contributed by atoms with E-state index in [9.17, 15) is 9.59 Å². The molecule has 2 aromatic rings. The summed E-state index contributed by atoms with van der Waals surface area (Å²) in [5, 5.41) is 0. The Hall–Kier alpha value is -2.99. The monoisotopic (exact) mass is 417 g/mol. The van der Waals surface area contributed by atoms with Crippen LogP contribution in [0.25, 0.3) is 0 Å². The average Bonchev–Trinajstić information content (AvgIpc) is 3.39. The second-order valence-electron chi connectivity index (χ2n) is 9.03. The molecule has 0 N–H and O–H groups in total. The summed E-state index contributed by atoms with van der Waals surface area (Å²) in [5.74, 6) is -1.01. The lowest BCUT2D eigenvalue weighted by Gasteiger charge is -2.27. The van der Waals surface area contributed by atoms with Crippen molar-refractivity contribution >= 4 is 11.8 Å². The van der Waals surface area contributed by atoms with Gasteiger partial charge in [-0.15, -0.1) is 0 Å². The first-order valence-corrected chi connectivity index (χ1v) is 10.7. The number of hydrogen-bond acceptors (Lipinski definition) is 4. The van der Waals surface area contributed by atoms with Gasteiger partial charge in [0.2, 0.25) is 11.8 Å². The number of aryl methyl sites for hydroxylation is 2. The van der Waals surface area contributed by atoms with E-state index in [0.29, 0.717) is 19.6 Å². The Labute approximate surface area is 182 Å². The number of likely N-dealkylation sites (tertiary alicyclic amines) is 1. The highest BCUT2D eigenvalue weighted by Gasteiger charge is 2.67. The van der Waals surface area contributed by atoms with E-state index in [1.165, 1.54) is 11.1 Å². The Morgan fingerprint density at radius 1 is 1.26 bits per heavy atom. The summed E-state index contributed by atoms with van der Waals surface area (Å²) < 4.78 is 6.26. The Balaban J connectivity index is 1.36. The molecule has 6 heteroatoms. The summed E-state index contributed by atoms with van der Waals surface area (Å²) in [5.41, 5.74) is 3.68. The fourth-order valence-corrected chi connectivity index (χ4v) is 5.18. The summed E-state index contributed by atoms with van der Waals surface area (Å²) in [4.78, 5) is 34.7. The first kappa shape index (κ1) is 19.9. The van der Waals surface area contributed by atoms with E-state index in [2.05, 4.69) is 37.0 Å². The first-order chi connectivity index (χ1) is 14.9. The molecule has 6 nitrogen and oxygen atoms in total. The van der Waals surface area contributed by atoms with Crippen LogP contribution in [-0.4, -0.2) is 51.9 Å². The van der Waals surface area contributed by atoms with Crippen molar-refractivity contribution in [3.8, 4) is 0 Å². The van der Waals surface area contributed by atoms with Gasteiger partial charge in [0.1, 0.15) is 5.60 Å². The third-order valence-corrected chi connectivity index (χ3v) is 6.91. The second kappa shape index (κ2) is 7.31. The van der Waals surface area contributed by atoms with Gasteiger partial charge >= 0.3 is 0 Å². The number of hydrogen-bond donors (Lipinski definition) is 0. The van der Waals surface area contributed by atoms with Gasteiger partial charge in [-0.3, -0.25) is 14.6 Å². The predicted molar refractivity (Wildman–Crippen MR) is 116 cm³/mol. The van der Waals surface area contributed by atoms with Crippen LogP contribution in [0.4, 0.5) is 0 Å². The van der Waals surface area contributed by atoms with Crippen LogP contribution in [0.3, 0.4) is 0 Å². The van der Waals surface area contributed by atoms with Crippen molar-refractivity contribution < 1.29 is 14.3 Å². The smallest absolute Gasteiger partial charge is 0.230 e. The van der Waals surface area contributed by atoms with E-state index in [4.69, 9.17) is 4.74 Å². The number of aromatic nitrogens is 1. The molecule has 2 amide bonds. The molecule has 0 aliphatic carbocycles. The summed E-state index contributed by atoms with van der Waals surface area (Å²) >= 11 is 0. The van der Waals surface area contributed by atoms with Crippen LogP contribution in [0.15, 0.2) is 54.7 Å². The molecule has 160 valence electrons. The normalized spacial score (nSPS) is 28.3. The summed E-state index contributed by atoms with van der Waals surface area (Å²) in [7, 11) is 1.77. The minimum Gasteiger partial charge on any atom is -0.360 e. The highest BCUT2D eigenvalue weighted by atomic mass is 16.5. The van der Waals surface area contributed by atoms with Crippen molar-refractivity contribution in [2.75, 3.05) is 13.6 Å². The van der Waals surface area contributed by atoms with Crippen LogP contribution < -0.4 is 0 Å². The fourth-order valence-electron chi connectivity index (χ4n) is 5.18. The van der Waals surface area contributed by atoms with Crippen molar-refractivity contribution in [3.63, 3.8) is 0 Å². The third-order valence-electron chi connectivity index (χ3n) is 6.91. The highest BCUT2D eigenvalue weighted by molar-refractivity contribution is 5.93. The molecule has 1 spiro atoms. The van der Waals surface area contributed by atoms with Crippen LogP contribution in [0, 0.1) is 25.7 Å². The minimum absolute atomic E-state index is 0.00895. The van der Waals surface area contributed by atoms with E-state index in [-0.39, 0.29) is 17.9 Å². The van der Waals surface area contributed by atoms with Crippen molar-refractivity contribution in [1.82, 2.24) is 14.8 Å². The lowest BCUT2D eigenvalue weighted by Crippen LogP contribution is -2.44. The minimum atomic E-state index is -0.687. The van der Waals surface area contributed by atoms with Crippen LogP contribution >= 0.6 is 0 Å². The molecule has 2 saturated heterocycles. The number of carbonyl (C=O) groups is 2. The van der Waals surface area contributed by atoms with E-state index in [0.717, 1.165) is 11.3 Å². The molecule has 3 aliphatic heterocycles. The van der Waals surface area contributed by atoms with Gasteiger partial charge in [0, 0.05) is 19.8 Å². The maximum atomic E-state index is 13.5. The van der Waals surface area contributed by atoms with Crippen LogP contribution in [0.1, 0.15) is 22.4 Å². The molecule has 2 bridgehead atoms. The largest absolute Gasteiger partial charge is 0.360 e. The Morgan fingerprint density at radius 3 is 2.84 bits per heavy atom. The number of fused-ring (bicyclic) bond motifs is 1. The lowest BCUT2D eigenvalue weighted by atomic mass is 9.76. The number of amides is 2. The SMILES string of the molecule is Cc1ccc(CN2C[C@]34C=C[C@H](O3)[C@H](C(=O)N(C)Cc3ccccn3)[C@@H]4C2=O)cc1C. The molecule has 5 rings (SSSR count). The van der Waals surface area contributed by atoms with Gasteiger partial charge in [-0.1, -0.05) is 36.4 Å². The number of ether oxygens (including phenoxy) is 1. The molecule has 0 saturated carbocycles. The number of rotatable bonds is 5. The van der Waals surface area contributed by atoms with Gasteiger partial charge in [0.15, 0.2) is 0 Å². The molecule has 1 aromatic carbocycles. The van der Waals surface area contributed by atoms with E-state index in [1.54, 1.807) is 18.1 Å². The standard InChI is InChI=1S/C25H27N3O3/c1-16-7-8-18(12-17(16)2)13-28-15-25-10-9-20(31-25)21(22(25)24(28)30)23(29)27(3)14-19-6-4-5-11-26-19/h4-12,20-22H,13-15H2,1-3H3/t20-,21-,22+,25-/m0/s1. The summed E-state index contributed by atoms with van der Waals surface area (Å²) in [6, 6.07) is 11.9. The van der Waals surface area contributed by atoms with E-state index < -0.39 is 17.4 Å². The molecule has 0 radical (unpaired) electrons. The van der Waals surface area contributed by atoms with E-state index in [1.807, 2.05) is 35.3 Å². The van der Waals surface area contributed by atoms with Crippen LogP contribution in [-0.2, 0) is 27.4 Å². The molecule has 4 atom stereocenters. The van der Waals surface area contributed by atoms with Crippen LogP contribution in [0.2, 0.25) is 0 Å². The van der Waals surface area contributed by atoms with Crippen LogP contribution in [0.5, 0.6) is 0 Å². The van der Waals surface area contributed by atoms with E-state index >= 15 is 0 Å². The molecule has 31 heavy (non-hydrogen) atoms. The molecular formula is C25H27N3O3. The lowest BCUT2D eigenvalue weighted by molar-refractivity contribution is -0.142. The number of pyridine rings is 1. The highest BCUT2D eigenvalue weighted by Crippen LogP contribution is 2.52. The zero-order valence-electron chi connectivity index (χ0n) is 18.1. The van der Waals surface area contributed by atoms with Crippen molar-refractivity contribution in [2.24, 2.45) is 11.8 Å². The molecule has 1 aromatic heterocycles. The number of nitrogens with zero attached hydrogens (tertiary/aromatic N) is 3. The Morgan fingerprint density at radius 2 is 2.10 bits per heavy atom. The van der Waals surface area contributed by atoms with Crippen molar-refractivity contribution in [3.05, 3.63) is 77.1 Å². The van der Waals surface area contributed by atoms with Gasteiger partial charge < -0.3 is 14.5 Å². The zero-order valence-corrected chi connectivity index (χ0v) is 18.1. The molecule has 2 fully saturated rings. The third kappa shape index (κ3) is 3.26. The zero-order chi connectivity index (χ0) is 21.8. The van der Waals surface area contributed by atoms with Gasteiger partial charge in [0.25, 0.3) is 0 Å². The van der Waals surface area contributed by atoms with Gasteiger partial charge in [-0.2, -0.15) is 0 Å². The molecule has 0 unspecified atom stereocenters. The maximum Gasteiger partial charge on any atom is 0.230 e. The second-order valence-corrected chi connectivity index (χ2v) is 9.03. The fraction of sp³-hybridized carbons (Fsp3) is 0.400. The number of carbonyl (C=O) groups excluding carboxylic acids is 2. The molecule has 4 heterocycles. The number of benzene rings is 1. The topological polar surface area (TPSA) is 62.7 Å². The molecule has 3 aliphatic rings. The maximum absolute atomic E-state index is 13.5. The summed E-state index contributed by atoms with van der Waals surface area (Å²) in [6.45, 7) is 5.60. The first-order valence-electron chi connectivity index (χ1n) is 10.7. The predicted octanol–water partition coefficient (Wildman–Crippen LogP) is 2.64. The van der Waals surface area contributed by atoms with Crippen molar-refractivity contribution in [1.29, 1.82) is 0 Å².